The minimum atomic E-state index is -3.65. The largest absolute Gasteiger partial charge is 0.478 e. The van der Waals surface area contributed by atoms with Crippen LogP contribution in [0.4, 0.5) is 0 Å². The van der Waals surface area contributed by atoms with Crippen molar-refractivity contribution in [3.8, 4) is 0 Å². The fourth-order valence-electron chi connectivity index (χ4n) is 2.07. The van der Waals surface area contributed by atoms with Crippen LogP contribution in [0, 0.1) is 0 Å². The van der Waals surface area contributed by atoms with Gasteiger partial charge >= 0.3 is 5.97 Å². The SMILES string of the molecule is CC1(C)C(=O)N(Cc2ccccc2C=CC(=O)O)S1(=O)=O. The van der Waals surface area contributed by atoms with E-state index in [1.807, 2.05) is 0 Å². The van der Waals surface area contributed by atoms with E-state index >= 15 is 0 Å². The minimum Gasteiger partial charge on any atom is -0.478 e. The Morgan fingerprint density at radius 3 is 2.52 bits per heavy atom. The average Bonchev–Trinajstić information content (AvgIpc) is 2.42. The number of carbonyl (C=O) groups excluding carboxylic acids is 1. The highest BCUT2D eigenvalue weighted by Gasteiger charge is 2.59. The van der Waals surface area contributed by atoms with Gasteiger partial charge in [0.1, 0.15) is 0 Å². The molecule has 7 heteroatoms. The van der Waals surface area contributed by atoms with E-state index in [0.717, 1.165) is 10.4 Å². The predicted octanol–water partition coefficient (Wildman–Crippen LogP) is 1.24. The maximum Gasteiger partial charge on any atom is 0.328 e. The highest BCUT2D eigenvalue weighted by atomic mass is 32.2. The van der Waals surface area contributed by atoms with Crippen molar-refractivity contribution >= 4 is 28.0 Å². The monoisotopic (exact) mass is 309 g/mol. The number of nitrogens with zero attached hydrogens (tertiary/aromatic N) is 1. The van der Waals surface area contributed by atoms with Gasteiger partial charge in [0.15, 0.2) is 4.75 Å². The van der Waals surface area contributed by atoms with Crippen LogP contribution in [-0.4, -0.2) is 34.5 Å². The van der Waals surface area contributed by atoms with Crippen LogP contribution in [0.2, 0.25) is 0 Å². The molecule has 112 valence electrons. The summed E-state index contributed by atoms with van der Waals surface area (Å²) in [5.41, 5.74) is 1.13. The maximum absolute atomic E-state index is 12.1. The van der Waals surface area contributed by atoms with Crippen LogP contribution >= 0.6 is 0 Å². The van der Waals surface area contributed by atoms with Crippen LogP contribution in [0.5, 0.6) is 0 Å². The van der Waals surface area contributed by atoms with Gasteiger partial charge in [-0.15, -0.1) is 0 Å². The molecule has 1 aromatic carbocycles. The first kappa shape index (κ1) is 15.2. The van der Waals surface area contributed by atoms with Gasteiger partial charge in [0, 0.05) is 6.08 Å². The Hall–Kier alpha value is -2.15. The summed E-state index contributed by atoms with van der Waals surface area (Å²) in [6, 6.07) is 6.74. The van der Waals surface area contributed by atoms with E-state index in [4.69, 9.17) is 5.11 Å². The van der Waals surface area contributed by atoms with Crippen LogP contribution in [-0.2, 0) is 26.2 Å². The third-order valence-corrected chi connectivity index (χ3v) is 5.79. The first-order chi connectivity index (χ1) is 9.68. The van der Waals surface area contributed by atoms with E-state index in [0.29, 0.717) is 11.1 Å². The lowest BCUT2D eigenvalue weighted by molar-refractivity contribution is -0.133. The summed E-state index contributed by atoms with van der Waals surface area (Å²) in [5.74, 6) is -1.56. The molecule has 1 saturated heterocycles. The summed E-state index contributed by atoms with van der Waals surface area (Å²) in [5, 5.41) is 8.65. The third-order valence-electron chi connectivity index (χ3n) is 3.45. The summed E-state index contributed by atoms with van der Waals surface area (Å²) in [7, 11) is -3.65. The van der Waals surface area contributed by atoms with E-state index in [9.17, 15) is 18.0 Å². The van der Waals surface area contributed by atoms with Gasteiger partial charge < -0.3 is 5.11 Å². The van der Waals surface area contributed by atoms with Crippen molar-refractivity contribution < 1.29 is 23.1 Å². The molecule has 1 heterocycles. The summed E-state index contributed by atoms with van der Waals surface area (Å²) in [6.45, 7) is 2.65. The Bertz CT molecular complexity index is 733. The number of carbonyl (C=O) groups is 2. The molecular weight excluding hydrogens is 294 g/mol. The quantitative estimate of drug-likeness (QED) is 0.845. The summed E-state index contributed by atoms with van der Waals surface area (Å²) < 4.78 is 23.5. The molecule has 6 nitrogen and oxygen atoms in total. The van der Waals surface area contributed by atoms with Crippen molar-refractivity contribution in [1.29, 1.82) is 0 Å². The van der Waals surface area contributed by atoms with Crippen molar-refractivity contribution in [1.82, 2.24) is 4.31 Å². The maximum atomic E-state index is 12.1. The molecule has 1 amide bonds. The van der Waals surface area contributed by atoms with Gasteiger partial charge in [0.05, 0.1) is 6.54 Å². The molecular formula is C14H15NO5S. The van der Waals surface area contributed by atoms with Crippen molar-refractivity contribution in [2.75, 3.05) is 0 Å². The molecule has 0 unspecified atom stereocenters. The average molecular weight is 309 g/mol. The molecule has 2 rings (SSSR count). The molecule has 1 aliphatic heterocycles. The summed E-state index contributed by atoms with van der Waals surface area (Å²) in [6.07, 6.45) is 2.34. The number of rotatable bonds is 4. The van der Waals surface area contributed by atoms with Crippen LogP contribution in [0.3, 0.4) is 0 Å². The standard InChI is InChI=1S/C14H15NO5S/c1-14(2)13(18)15(21(14,19)20)9-11-6-4-3-5-10(11)7-8-12(16)17/h3-8H,9H2,1-2H3,(H,16,17). The number of carboxylic acids is 1. The molecule has 1 N–H and O–H groups in total. The molecule has 21 heavy (non-hydrogen) atoms. The Labute approximate surface area is 122 Å². The van der Waals surface area contributed by atoms with Gasteiger partial charge in [0.2, 0.25) is 0 Å². The molecule has 0 atom stereocenters. The zero-order valence-corrected chi connectivity index (χ0v) is 12.4. The van der Waals surface area contributed by atoms with Gasteiger partial charge in [-0.2, -0.15) is 0 Å². The van der Waals surface area contributed by atoms with Crippen LogP contribution in [0.25, 0.3) is 6.08 Å². The number of hydrogen-bond donors (Lipinski definition) is 1. The second-order valence-corrected chi connectivity index (χ2v) is 7.61. The van der Waals surface area contributed by atoms with Crippen LogP contribution in [0.15, 0.2) is 30.3 Å². The first-order valence-electron chi connectivity index (χ1n) is 6.23. The summed E-state index contributed by atoms with van der Waals surface area (Å²) >= 11 is 0. The fourth-order valence-corrected chi connectivity index (χ4v) is 3.57. The van der Waals surface area contributed by atoms with Gasteiger partial charge in [-0.3, -0.25) is 4.79 Å². The molecule has 0 aliphatic carbocycles. The number of hydrogen-bond acceptors (Lipinski definition) is 4. The number of benzene rings is 1. The number of aliphatic carboxylic acids is 1. The summed E-state index contributed by atoms with van der Waals surface area (Å²) in [4.78, 5) is 22.5. The highest BCUT2D eigenvalue weighted by Crippen LogP contribution is 2.36. The van der Waals surface area contributed by atoms with Gasteiger partial charge in [-0.1, -0.05) is 24.3 Å². The lowest BCUT2D eigenvalue weighted by Gasteiger charge is -2.43. The predicted molar refractivity (Wildman–Crippen MR) is 76.7 cm³/mol. The number of carboxylic acid groups (broad SMARTS) is 1. The zero-order chi connectivity index (χ0) is 15.8. The zero-order valence-electron chi connectivity index (χ0n) is 11.6. The third kappa shape index (κ3) is 2.44. The minimum absolute atomic E-state index is 0.0925. The Morgan fingerprint density at radius 1 is 1.33 bits per heavy atom. The van der Waals surface area contributed by atoms with E-state index in [2.05, 4.69) is 0 Å². The normalized spacial score (nSPS) is 19.5. The molecule has 0 spiro atoms. The molecule has 0 aromatic heterocycles. The fraction of sp³-hybridized carbons (Fsp3) is 0.286. The van der Waals surface area contributed by atoms with E-state index < -0.39 is 26.6 Å². The van der Waals surface area contributed by atoms with E-state index in [1.54, 1.807) is 24.3 Å². The van der Waals surface area contributed by atoms with Crippen LogP contribution < -0.4 is 0 Å². The van der Waals surface area contributed by atoms with Crippen molar-refractivity contribution in [2.24, 2.45) is 0 Å². The molecule has 0 bridgehead atoms. The van der Waals surface area contributed by atoms with Gasteiger partial charge in [0.25, 0.3) is 15.9 Å². The van der Waals surface area contributed by atoms with Crippen molar-refractivity contribution in [2.45, 2.75) is 25.1 Å². The number of sulfonamides is 1. The molecule has 0 radical (unpaired) electrons. The lowest BCUT2D eigenvalue weighted by Crippen LogP contribution is -2.66. The smallest absolute Gasteiger partial charge is 0.328 e. The van der Waals surface area contributed by atoms with Crippen molar-refractivity contribution in [3.63, 3.8) is 0 Å². The lowest BCUT2D eigenvalue weighted by atomic mass is 10.1. The van der Waals surface area contributed by atoms with Gasteiger partial charge in [-0.25, -0.2) is 17.5 Å². The molecule has 0 saturated carbocycles. The second-order valence-electron chi connectivity index (χ2n) is 5.20. The Balaban J connectivity index is 2.30. The first-order valence-corrected chi connectivity index (χ1v) is 7.67. The van der Waals surface area contributed by atoms with E-state index in [-0.39, 0.29) is 6.54 Å². The van der Waals surface area contributed by atoms with E-state index in [1.165, 1.54) is 19.9 Å². The van der Waals surface area contributed by atoms with Gasteiger partial charge in [-0.05, 0) is 31.1 Å². The molecule has 1 aliphatic rings. The topological polar surface area (TPSA) is 91.8 Å². The second kappa shape index (κ2) is 5.00. The Kier molecular flexibility index (Phi) is 3.63. The van der Waals surface area contributed by atoms with Crippen LogP contribution in [0.1, 0.15) is 25.0 Å². The molecule has 1 fully saturated rings. The number of amides is 1. The Morgan fingerprint density at radius 2 is 1.95 bits per heavy atom. The van der Waals surface area contributed by atoms with Crippen molar-refractivity contribution in [3.05, 3.63) is 41.5 Å². The highest BCUT2D eigenvalue weighted by molar-refractivity contribution is 7.94. The molecule has 1 aromatic rings.